The highest BCUT2D eigenvalue weighted by Crippen LogP contribution is 2.40. The van der Waals surface area contributed by atoms with Crippen molar-refractivity contribution >= 4 is 17.4 Å². The molecular weight excluding hydrogens is 439 g/mol. The molecular formula is C26H29FN2O5. The third kappa shape index (κ3) is 4.98. The Kier molecular flexibility index (Phi) is 7.29. The first-order valence-corrected chi connectivity index (χ1v) is 11.5. The predicted octanol–water partition coefficient (Wildman–Crippen LogP) is 3.37. The number of ether oxygens (including phenoxy) is 2. The van der Waals surface area contributed by atoms with E-state index in [0.29, 0.717) is 31.1 Å². The van der Waals surface area contributed by atoms with E-state index in [9.17, 15) is 19.1 Å². The van der Waals surface area contributed by atoms with Gasteiger partial charge in [0.25, 0.3) is 11.7 Å². The number of amides is 1. The van der Waals surface area contributed by atoms with Crippen LogP contribution in [0, 0.1) is 5.82 Å². The van der Waals surface area contributed by atoms with E-state index in [-0.39, 0.29) is 29.5 Å². The molecule has 2 fully saturated rings. The van der Waals surface area contributed by atoms with Crippen LogP contribution in [-0.4, -0.2) is 72.1 Å². The number of benzene rings is 2. The maximum absolute atomic E-state index is 14.9. The fraction of sp³-hybridized carbons (Fsp3) is 0.385. The van der Waals surface area contributed by atoms with Gasteiger partial charge in [-0.3, -0.25) is 14.5 Å². The van der Waals surface area contributed by atoms with Gasteiger partial charge in [-0.2, -0.15) is 0 Å². The monoisotopic (exact) mass is 468 g/mol. The molecule has 2 aliphatic heterocycles. The highest BCUT2D eigenvalue weighted by molar-refractivity contribution is 6.46. The van der Waals surface area contributed by atoms with Gasteiger partial charge in [0.15, 0.2) is 0 Å². The first-order valence-electron chi connectivity index (χ1n) is 11.5. The Morgan fingerprint density at radius 2 is 1.76 bits per heavy atom. The number of Topliss-reactive ketones (excluding diaryl/α,β-unsaturated/α-hetero) is 1. The molecule has 0 saturated carbocycles. The number of aliphatic hydroxyl groups excluding tert-OH is 1. The zero-order valence-electron chi connectivity index (χ0n) is 19.4. The molecule has 7 nitrogen and oxygen atoms in total. The second-order valence-electron chi connectivity index (χ2n) is 8.66. The van der Waals surface area contributed by atoms with E-state index >= 15 is 0 Å². The van der Waals surface area contributed by atoms with E-state index < -0.39 is 23.5 Å². The smallest absolute Gasteiger partial charge is 0.295 e. The summed E-state index contributed by atoms with van der Waals surface area (Å²) in [5, 5.41) is 11.1. The normalized spacial score (nSPS) is 20.8. The zero-order valence-corrected chi connectivity index (χ0v) is 19.4. The van der Waals surface area contributed by atoms with Crippen molar-refractivity contribution in [3.05, 3.63) is 71.0 Å². The fourth-order valence-corrected chi connectivity index (χ4v) is 4.32. The summed E-state index contributed by atoms with van der Waals surface area (Å²) < 4.78 is 25.9. The lowest BCUT2D eigenvalue weighted by molar-refractivity contribution is -0.140. The van der Waals surface area contributed by atoms with Crippen LogP contribution in [0.25, 0.3) is 5.76 Å². The molecule has 8 heteroatoms. The van der Waals surface area contributed by atoms with Crippen LogP contribution in [-0.2, 0) is 14.3 Å². The molecule has 1 amide bonds. The molecule has 1 unspecified atom stereocenters. The Labute approximate surface area is 198 Å². The van der Waals surface area contributed by atoms with E-state index in [1.807, 2.05) is 13.8 Å². The van der Waals surface area contributed by atoms with Gasteiger partial charge in [0, 0.05) is 37.3 Å². The number of carbonyl (C=O) groups is 2. The van der Waals surface area contributed by atoms with Crippen molar-refractivity contribution in [2.45, 2.75) is 26.0 Å². The van der Waals surface area contributed by atoms with Crippen LogP contribution in [0.2, 0.25) is 0 Å². The Morgan fingerprint density at radius 3 is 2.41 bits per heavy atom. The largest absolute Gasteiger partial charge is 0.507 e. The average molecular weight is 469 g/mol. The number of halogens is 1. The molecule has 0 aliphatic carbocycles. The van der Waals surface area contributed by atoms with Crippen LogP contribution in [0.3, 0.4) is 0 Å². The summed E-state index contributed by atoms with van der Waals surface area (Å²) in [6.45, 7) is 7.20. The van der Waals surface area contributed by atoms with Crippen LogP contribution in [0.15, 0.2) is 54.1 Å². The van der Waals surface area contributed by atoms with Gasteiger partial charge in [-0.15, -0.1) is 0 Å². The van der Waals surface area contributed by atoms with Gasteiger partial charge in [-0.05, 0) is 44.2 Å². The van der Waals surface area contributed by atoms with Crippen LogP contribution in [0.1, 0.15) is 31.0 Å². The van der Waals surface area contributed by atoms with Gasteiger partial charge < -0.3 is 19.5 Å². The highest BCUT2D eigenvalue weighted by Gasteiger charge is 2.46. The van der Waals surface area contributed by atoms with Crippen molar-refractivity contribution in [1.29, 1.82) is 0 Å². The molecule has 0 bridgehead atoms. The highest BCUT2D eigenvalue weighted by atomic mass is 19.1. The van der Waals surface area contributed by atoms with E-state index in [1.54, 1.807) is 42.5 Å². The van der Waals surface area contributed by atoms with Crippen molar-refractivity contribution in [2.75, 3.05) is 39.4 Å². The molecule has 0 spiro atoms. The van der Waals surface area contributed by atoms with Crippen molar-refractivity contribution in [3.8, 4) is 5.75 Å². The molecule has 1 atom stereocenters. The molecule has 1 N–H and O–H groups in total. The number of rotatable bonds is 7. The molecule has 2 saturated heterocycles. The number of carbonyl (C=O) groups excluding carboxylic acids is 2. The topological polar surface area (TPSA) is 79.3 Å². The zero-order chi connectivity index (χ0) is 24.2. The van der Waals surface area contributed by atoms with Gasteiger partial charge in [-0.1, -0.05) is 18.2 Å². The summed E-state index contributed by atoms with van der Waals surface area (Å²) >= 11 is 0. The quantitative estimate of drug-likeness (QED) is 0.381. The summed E-state index contributed by atoms with van der Waals surface area (Å²) in [5.41, 5.74) is 0.406. The minimum absolute atomic E-state index is 0.0164. The van der Waals surface area contributed by atoms with Gasteiger partial charge in [0.1, 0.15) is 17.3 Å². The van der Waals surface area contributed by atoms with Gasteiger partial charge in [-0.25, -0.2) is 4.39 Å². The van der Waals surface area contributed by atoms with E-state index in [1.165, 1.54) is 11.0 Å². The Morgan fingerprint density at radius 1 is 1.09 bits per heavy atom. The van der Waals surface area contributed by atoms with Gasteiger partial charge in [0.2, 0.25) is 0 Å². The number of nitrogens with zero attached hydrogens (tertiary/aromatic N) is 2. The summed E-state index contributed by atoms with van der Waals surface area (Å²) in [7, 11) is 0. The Balaban J connectivity index is 1.71. The van der Waals surface area contributed by atoms with Crippen LogP contribution < -0.4 is 4.74 Å². The van der Waals surface area contributed by atoms with Gasteiger partial charge >= 0.3 is 0 Å². The molecule has 180 valence electrons. The second kappa shape index (κ2) is 10.4. The molecule has 2 aromatic rings. The lowest BCUT2D eigenvalue weighted by Gasteiger charge is -2.31. The second-order valence-corrected chi connectivity index (χ2v) is 8.66. The number of hydrogen-bond donors (Lipinski definition) is 1. The van der Waals surface area contributed by atoms with Crippen molar-refractivity contribution in [1.82, 2.24) is 9.80 Å². The summed E-state index contributed by atoms with van der Waals surface area (Å²) in [6, 6.07) is 11.6. The number of ketones is 1. The molecule has 4 rings (SSSR count). The Hall–Kier alpha value is -3.23. The molecule has 2 aliphatic rings. The first-order chi connectivity index (χ1) is 16.4. The maximum atomic E-state index is 14.9. The third-order valence-electron chi connectivity index (χ3n) is 6.00. The number of likely N-dealkylation sites (tertiary alicyclic amines) is 1. The van der Waals surface area contributed by atoms with Crippen LogP contribution in [0.5, 0.6) is 5.75 Å². The molecule has 2 aromatic carbocycles. The number of hydrogen-bond acceptors (Lipinski definition) is 6. The van der Waals surface area contributed by atoms with Gasteiger partial charge in [0.05, 0.1) is 30.9 Å². The maximum Gasteiger partial charge on any atom is 0.295 e. The minimum atomic E-state index is -1.02. The predicted molar refractivity (Wildman–Crippen MR) is 125 cm³/mol. The van der Waals surface area contributed by atoms with Crippen molar-refractivity contribution in [3.63, 3.8) is 0 Å². The standard InChI is InChI=1S/C26H29FN2O5/c1-17(2)34-19-9-7-18(8-10-19)24(30)22-23(20-5-3-4-6-21(20)27)29(26(32)25(22)31)12-11-28-13-15-33-16-14-28/h3-10,17,23,30H,11-16H2,1-2H3/b24-22-. The average Bonchev–Trinajstić information content (AvgIpc) is 3.08. The minimum Gasteiger partial charge on any atom is -0.507 e. The number of morpholine rings is 1. The number of aliphatic hydroxyl groups is 1. The van der Waals surface area contributed by atoms with E-state index in [2.05, 4.69) is 4.90 Å². The van der Waals surface area contributed by atoms with E-state index in [4.69, 9.17) is 9.47 Å². The fourth-order valence-electron chi connectivity index (χ4n) is 4.32. The lowest BCUT2D eigenvalue weighted by atomic mass is 9.95. The first kappa shape index (κ1) is 23.9. The summed E-state index contributed by atoms with van der Waals surface area (Å²) in [6.07, 6.45) is -0.0164. The summed E-state index contributed by atoms with van der Waals surface area (Å²) in [5.74, 6) is -1.84. The molecule has 0 aromatic heterocycles. The molecule has 2 heterocycles. The van der Waals surface area contributed by atoms with Crippen LogP contribution in [0.4, 0.5) is 4.39 Å². The molecule has 0 radical (unpaired) electrons. The lowest BCUT2D eigenvalue weighted by Crippen LogP contribution is -2.42. The van der Waals surface area contributed by atoms with Crippen molar-refractivity contribution < 1.29 is 28.6 Å². The Bertz CT molecular complexity index is 1080. The SMILES string of the molecule is CC(C)Oc1ccc(/C(O)=C2/C(=O)C(=O)N(CCN3CCOCC3)C2c2ccccc2F)cc1. The van der Waals surface area contributed by atoms with Crippen molar-refractivity contribution in [2.24, 2.45) is 0 Å². The third-order valence-corrected chi connectivity index (χ3v) is 6.00. The molecule has 34 heavy (non-hydrogen) atoms. The van der Waals surface area contributed by atoms with E-state index in [0.717, 1.165) is 13.1 Å². The summed E-state index contributed by atoms with van der Waals surface area (Å²) in [4.78, 5) is 29.6. The van der Waals surface area contributed by atoms with Crippen LogP contribution >= 0.6 is 0 Å².